The molecule has 0 aliphatic carbocycles. The number of fused-ring (bicyclic) bond motifs is 1. The first-order valence-corrected chi connectivity index (χ1v) is 13.3. The minimum Gasteiger partial charge on any atom is -0.492 e. The van der Waals surface area contributed by atoms with E-state index in [4.69, 9.17) is 14.2 Å². The Labute approximate surface area is 216 Å². The third-order valence-electron chi connectivity index (χ3n) is 5.64. The van der Waals surface area contributed by atoms with Crippen LogP contribution in [0.4, 0.5) is 5.69 Å². The van der Waals surface area contributed by atoms with Gasteiger partial charge < -0.3 is 14.2 Å². The standard InChI is InChI=1S/C27H29N3O6S/c1-4-34-24-8-6-5-7-23(24)30(37(32,33)22-12-9-19(2)10-13-22)18-27(31)29-28-20(3)21-11-14-25-26(17-21)36-16-15-35-25/h5-14,17H,4,15-16,18H2,1-3H3,(H,29,31)/b28-20-. The molecule has 1 N–H and O–H groups in total. The van der Waals surface area contributed by atoms with Crippen LogP contribution in [0.2, 0.25) is 0 Å². The second-order valence-corrected chi connectivity index (χ2v) is 10.2. The average Bonchev–Trinajstić information content (AvgIpc) is 2.91. The van der Waals surface area contributed by atoms with E-state index in [1.807, 2.05) is 13.0 Å². The van der Waals surface area contributed by atoms with Crippen LogP contribution >= 0.6 is 0 Å². The fourth-order valence-electron chi connectivity index (χ4n) is 3.72. The zero-order valence-corrected chi connectivity index (χ0v) is 21.7. The number of hydrazone groups is 1. The Morgan fingerprint density at radius 3 is 2.46 bits per heavy atom. The number of nitrogens with one attached hydrogen (secondary N) is 1. The van der Waals surface area contributed by atoms with Gasteiger partial charge in [-0.2, -0.15) is 5.10 Å². The first-order valence-electron chi connectivity index (χ1n) is 11.8. The highest BCUT2D eigenvalue weighted by Crippen LogP contribution is 2.33. The van der Waals surface area contributed by atoms with E-state index >= 15 is 0 Å². The molecule has 1 heterocycles. The largest absolute Gasteiger partial charge is 0.492 e. The third-order valence-corrected chi connectivity index (χ3v) is 7.41. The molecule has 0 unspecified atom stereocenters. The zero-order chi connectivity index (χ0) is 26.4. The summed E-state index contributed by atoms with van der Waals surface area (Å²) in [6.45, 7) is 6.18. The van der Waals surface area contributed by atoms with Crippen molar-refractivity contribution in [1.29, 1.82) is 0 Å². The van der Waals surface area contributed by atoms with Crippen molar-refractivity contribution in [3.63, 3.8) is 0 Å². The molecule has 0 aromatic heterocycles. The first kappa shape index (κ1) is 26.0. The van der Waals surface area contributed by atoms with Crippen molar-refractivity contribution in [2.45, 2.75) is 25.7 Å². The summed E-state index contributed by atoms with van der Waals surface area (Å²) in [5, 5.41) is 4.18. The summed E-state index contributed by atoms with van der Waals surface area (Å²) in [5.41, 5.74) is 4.90. The molecule has 9 nitrogen and oxygen atoms in total. The Morgan fingerprint density at radius 2 is 1.73 bits per heavy atom. The SMILES string of the molecule is CCOc1ccccc1N(CC(=O)N/N=C(/C)c1ccc2c(c1)OCCO2)S(=O)(=O)c1ccc(C)cc1. The average molecular weight is 524 g/mol. The van der Waals surface area contributed by atoms with Gasteiger partial charge in [-0.3, -0.25) is 9.10 Å². The topological polar surface area (TPSA) is 107 Å². The lowest BCUT2D eigenvalue weighted by molar-refractivity contribution is -0.119. The third kappa shape index (κ3) is 6.03. The molecule has 4 rings (SSSR count). The van der Waals surface area contributed by atoms with Gasteiger partial charge in [0.1, 0.15) is 25.5 Å². The number of sulfonamides is 1. The minimum absolute atomic E-state index is 0.0631. The van der Waals surface area contributed by atoms with E-state index in [1.165, 1.54) is 12.1 Å². The number of benzene rings is 3. The number of rotatable bonds is 9. The van der Waals surface area contributed by atoms with Gasteiger partial charge in [0.2, 0.25) is 0 Å². The van der Waals surface area contributed by atoms with Crippen LogP contribution in [0.5, 0.6) is 17.2 Å². The van der Waals surface area contributed by atoms with Crippen molar-refractivity contribution in [2.24, 2.45) is 5.10 Å². The Bertz CT molecular complexity index is 1400. The van der Waals surface area contributed by atoms with Crippen LogP contribution in [-0.2, 0) is 14.8 Å². The van der Waals surface area contributed by atoms with Gasteiger partial charge in [0.15, 0.2) is 11.5 Å². The van der Waals surface area contributed by atoms with Crippen LogP contribution < -0.4 is 23.9 Å². The van der Waals surface area contributed by atoms with Crippen LogP contribution in [0.3, 0.4) is 0 Å². The van der Waals surface area contributed by atoms with Gasteiger partial charge in [-0.25, -0.2) is 13.8 Å². The molecule has 10 heteroatoms. The summed E-state index contributed by atoms with van der Waals surface area (Å²) in [5.74, 6) is 0.993. The van der Waals surface area contributed by atoms with Gasteiger partial charge in [-0.1, -0.05) is 29.8 Å². The number of amides is 1. The summed E-state index contributed by atoms with van der Waals surface area (Å²) in [7, 11) is -4.09. The van der Waals surface area contributed by atoms with Crippen LogP contribution in [0, 0.1) is 6.92 Å². The fraction of sp³-hybridized carbons (Fsp3) is 0.259. The van der Waals surface area contributed by atoms with E-state index < -0.39 is 22.5 Å². The van der Waals surface area contributed by atoms with Crippen LogP contribution in [0.1, 0.15) is 25.0 Å². The number of hydrogen-bond donors (Lipinski definition) is 1. The van der Waals surface area contributed by atoms with Crippen molar-refractivity contribution in [3.8, 4) is 17.2 Å². The number of hydrogen-bond acceptors (Lipinski definition) is 7. The Morgan fingerprint density at radius 1 is 1.03 bits per heavy atom. The number of carbonyl (C=O) groups excluding carboxylic acids is 1. The predicted octanol–water partition coefficient (Wildman–Crippen LogP) is 3.90. The van der Waals surface area contributed by atoms with Crippen LogP contribution in [0.25, 0.3) is 0 Å². The van der Waals surface area contributed by atoms with Gasteiger partial charge in [0.05, 0.1) is 22.9 Å². The van der Waals surface area contributed by atoms with Gasteiger partial charge in [0.25, 0.3) is 15.9 Å². The first-order chi connectivity index (χ1) is 17.8. The molecule has 3 aromatic rings. The number of anilines is 1. The highest BCUT2D eigenvalue weighted by Gasteiger charge is 2.29. The van der Waals surface area contributed by atoms with E-state index in [9.17, 15) is 13.2 Å². The fourth-order valence-corrected chi connectivity index (χ4v) is 5.15. The molecule has 194 valence electrons. The lowest BCUT2D eigenvalue weighted by atomic mass is 10.1. The van der Waals surface area contributed by atoms with Gasteiger partial charge in [-0.05, 0) is 63.2 Å². The lowest BCUT2D eigenvalue weighted by Crippen LogP contribution is -2.40. The lowest BCUT2D eigenvalue weighted by Gasteiger charge is -2.25. The van der Waals surface area contributed by atoms with Crippen molar-refractivity contribution in [2.75, 3.05) is 30.7 Å². The number of aryl methyl sites for hydroxylation is 1. The van der Waals surface area contributed by atoms with Crippen molar-refractivity contribution < 1.29 is 27.4 Å². The molecule has 0 saturated carbocycles. The van der Waals surface area contributed by atoms with Crippen molar-refractivity contribution >= 4 is 27.3 Å². The summed E-state index contributed by atoms with van der Waals surface area (Å²) >= 11 is 0. The minimum atomic E-state index is -4.09. The molecule has 0 spiro atoms. The molecule has 1 amide bonds. The number of nitrogens with zero attached hydrogens (tertiary/aromatic N) is 2. The van der Waals surface area contributed by atoms with E-state index in [2.05, 4.69) is 10.5 Å². The molecule has 0 fully saturated rings. The van der Waals surface area contributed by atoms with E-state index in [-0.39, 0.29) is 10.6 Å². The maximum atomic E-state index is 13.7. The molecule has 0 radical (unpaired) electrons. The van der Waals surface area contributed by atoms with E-state index in [0.29, 0.717) is 42.8 Å². The molecule has 0 bridgehead atoms. The Hall–Kier alpha value is -4.05. The molecule has 1 aliphatic heterocycles. The number of carbonyl (C=O) groups is 1. The molecule has 37 heavy (non-hydrogen) atoms. The maximum Gasteiger partial charge on any atom is 0.264 e. The molecule has 3 aromatic carbocycles. The smallest absolute Gasteiger partial charge is 0.264 e. The summed E-state index contributed by atoms with van der Waals surface area (Å²) in [4.78, 5) is 13.0. The number of para-hydroxylation sites is 2. The summed E-state index contributed by atoms with van der Waals surface area (Å²) in [6, 6.07) is 18.5. The van der Waals surface area contributed by atoms with Gasteiger partial charge >= 0.3 is 0 Å². The summed E-state index contributed by atoms with van der Waals surface area (Å²) in [6.07, 6.45) is 0. The molecular weight excluding hydrogens is 494 g/mol. The summed E-state index contributed by atoms with van der Waals surface area (Å²) < 4.78 is 45.2. The quantitative estimate of drug-likeness (QED) is 0.337. The molecule has 0 saturated heterocycles. The van der Waals surface area contributed by atoms with E-state index in [0.717, 1.165) is 15.4 Å². The van der Waals surface area contributed by atoms with Crippen LogP contribution in [0.15, 0.2) is 76.7 Å². The van der Waals surface area contributed by atoms with Crippen molar-refractivity contribution in [1.82, 2.24) is 5.43 Å². The van der Waals surface area contributed by atoms with Gasteiger partial charge in [-0.15, -0.1) is 0 Å². The highest BCUT2D eigenvalue weighted by atomic mass is 32.2. The van der Waals surface area contributed by atoms with E-state index in [1.54, 1.807) is 62.4 Å². The Balaban J connectivity index is 1.60. The Kier molecular flexibility index (Phi) is 7.98. The molecular formula is C27H29N3O6S. The molecule has 1 aliphatic rings. The normalized spacial score (nSPS) is 13.1. The monoisotopic (exact) mass is 523 g/mol. The van der Waals surface area contributed by atoms with Crippen molar-refractivity contribution in [3.05, 3.63) is 77.9 Å². The van der Waals surface area contributed by atoms with Crippen LogP contribution in [-0.4, -0.2) is 46.4 Å². The second-order valence-electron chi connectivity index (χ2n) is 8.32. The zero-order valence-electron chi connectivity index (χ0n) is 20.9. The van der Waals surface area contributed by atoms with Gasteiger partial charge in [0, 0.05) is 5.56 Å². The highest BCUT2D eigenvalue weighted by molar-refractivity contribution is 7.92. The maximum absolute atomic E-state index is 13.7. The second kappa shape index (κ2) is 11.3. The number of ether oxygens (including phenoxy) is 3. The predicted molar refractivity (Wildman–Crippen MR) is 141 cm³/mol. The molecule has 0 atom stereocenters.